The molecule has 0 aliphatic heterocycles. The molecule has 0 saturated carbocycles. The molecule has 0 aliphatic rings. The summed E-state index contributed by atoms with van der Waals surface area (Å²) in [6.07, 6.45) is 0. The molecule has 0 rings (SSSR count). The maximum atomic E-state index is 3.67. The quantitative estimate of drug-likeness (QED) is 0.294. The Morgan fingerprint density at radius 2 is 0.500 bits per heavy atom. The molecule has 6 heteroatoms. The predicted molar refractivity (Wildman–Crippen MR) is 43.8 cm³/mol. The van der Waals surface area contributed by atoms with Gasteiger partial charge < -0.3 is 46.6 Å². The molecule has 0 bridgehead atoms. The molecule has 40 valence electrons. The summed E-state index contributed by atoms with van der Waals surface area (Å²) >= 11 is 14.7. The van der Waals surface area contributed by atoms with Crippen molar-refractivity contribution >= 4 is 95.5 Å². The Labute approximate surface area is 93.9 Å². The fraction of sp³-hybridized carbons (Fsp3) is 0. The van der Waals surface area contributed by atoms with Crippen molar-refractivity contribution in [2.75, 3.05) is 0 Å². The van der Waals surface area contributed by atoms with Gasteiger partial charge in [0, 0.05) is 0 Å². The van der Waals surface area contributed by atoms with Gasteiger partial charge in [0.05, 0.1) is 0 Å². The van der Waals surface area contributed by atoms with Gasteiger partial charge in [-0.05, 0) is 0 Å². The Morgan fingerprint density at radius 1 is 0.500 bits per heavy atom. The van der Waals surface area contributed by atoms with Crippen molar-refractivity contribution < 1.29 is 0 Å². The van der Waals surface area contributed by atoms with Crippen LogP contribution in [-0.4, -0.2) is 48.9 Å². The summed E-state index contributed by atoms with van der Waals surface area (Å²) in [7, 11) is 0. The maximum absolute atomic E-state index is 3.67. The minimum absolute atomic E-state index is 0. The van der Waals surface area contributed by atoms with E-state index in [1.807, 2.05) is 0 Å². The van der Waals surface area contributed by atoms with Gasteiger partial charge in [-0.1, -0.05) is 0 Å². The van der Waals surface area contributed by atoms with E-state index in [4.69, 9.17) is 0 Å². The molecule has 0 aromatic rings. The second-order valence-corrected chi connectivity index (χ2v) is 0. The molecule has 0 aromatic heterocycles. The second-order valence-electron chi connectivity index (χ2n) is 0. The van der Waals surface area contributed by atoms with Crippen LogP contribution in [0.1, 0.15) is 0 Å². The first kappa shape index (κ1) is 23.0. The molecule has 0 heterocycles. The molecular weight excluding hydrogens is 372 g/mol. The molecule has 0 aromatic carbocycles. The van der Waals surface area contributed by atoms with Gasteiger partial charge in [-0.15, -0.1) is 0 Å². The first-order valence-electron chi connectivity index (χ1n) is 0.333. The zero-order valence-electron chi connectivity index (χ0n) is 2.63. The second kappa shape index (κ2) is 43.2. The van der Waals surface area contributed by atoms with E-state index in [1.165, 1.54) is 0 Å². The van der Waals surface area contributed by atoms with E-state index in [-0.39, 0.29) is 48.9 Å². The van der Waals surface area contributed by atoms with Crippen LogP contribution in [0, 0.1) is 0 Å². The van der Waals surface area contributed by atoms with Gasteiger partial charge in [0.1, 0.15) is 0 Å². The van der Waals surface area contributed by atoms with Crippen LogP contribution in [0.15, 0.2) is 0 Å². The molecule has 0 fully saturated rings. The Kier molecular flexibility index (Phi) is 165. The third-order valence-corrected chi connectivity index (χ3v) is 0. The van der Waals surface area contributed by atoms with Crippen molar-refractivity contribution in [1.82, 2.24) is 0 Å². The van der Waals surface area contributed by atoms with Crippen molar-refractivity contribution in [3.8, 4) is 0 Å². The first-order valence-corrected chi connectivity index (χ1v) is 3.00. The fourth-order valence-electron chi connectivity index (χ4n) is 0. The van der Waals surface area contributed by atoms with Crippen molar-refractivity contribution in [3.63, 3.8) is 0 Å². The van der Waals surface area contributed by atoms with Gasteiger partial charge >= 0.3 is 48.9 Å². The summed E-state index contributed by atoms with van der Waals surface area (Å²) in [5, 5.41) is 0. The normalized spacial score (nSPS) is 2.00. The molecule has 0 unspecified atom stereocenters. The van der Waals surface area contributed by atoms with E-state index in [0.717, 1.165) is 0 Å². The molecule has 0 spiro atoms. The number of rotatable bonds is 0. The third-order valence-electron chi connectivity index (χ3n) is 0. The SMILES string of the molecule is [S-][S-].[S-][S-].[SbH].[SbH]. The van der Waals surface area contributed by atoms with Crippen molar-refractivity contribution in [3.05, 3.63) is 0 Å². The minimum atomic E-state index is 0. The standard InChI is InChI=1S/2S2.2Sb.2H/c2*1-2;;;;/q2*-2;;;;. The third kappa shape index (κ3) is 27.8. The average molecular weight is 374 g/mol. The summed E-state index contributed by atoms with van der Waals surface area (Å²) in [6, 6.07) is 0. The van der Waals surface area contributed by atoms with Crippen LogP contribution < -0.4 is 0 Å². The van der Waals surface area contributed by atoms with E-state index < -0.39 is 0 Å². The van der Waals surface area contributed by atoms with Crippen LogP contribution in [-0.2, 0) is 46.6 Å². The summed E-state index contributed by atoms with van der Waals surface area (Å²) in [4.78, 5) is 0. The molecule has 0 aliphatic carbocycles. The topological polar surface area (TPSA) is 0 Å². The van der Waals surface area contributed by atoms with Gasteiger partial charge in [0.2, 0.25) is 0 Å². The Hall–Kier alpha value is 3.04. The van der Waals surface area contributed by atoms with Gasteiger partial charge in [-0.3, -0.25) is 0 Å². The predicted octanol–water partition coefficient (Wildman–Crippen LogP) is -1.31. The zero-order chi connectivity index (χ0) is 4.00. The molecule has 0 atom stereocenters. The summed E-state index contributed by atoms with van der Waals surface area (Å²) < 4.78 is 0. The monoisotopic (exact) mass is 372 g/mol. The molecule has 0 amide bonds. The van der Waals surface area contributed by atoms with Crippen molar-refractivity contribution in [2.24, 2.45) is 0 Å². The van der Waals surface area contributed by atoms with E-state index >= 15 is 0 Å². The van der Waals surface area contributed by atoms with Gasteiger partial charge in [-0.25, -0.2) is 0 Å². The molecule has 0 nitrogen and oxygen atoms in total. The van der Waals surface area contributed by atoms with E-state index in [0.29, 0.717) is 0 Å². The van der Waals surface area contributed by atoms with Gasteiger partial charge in [0.15, 0.2) is 0 Å². The van der Waals surface area contributed by atoms with Gasteiger partial charge in [0.25, 0.3) is 0 Å². The summed E-state index contributed by atoms with van der Waals surface area (Å²) in [5.74, 6) is 0. The average Bonchev–Trinajstić information content (AvgIpc) is 1.50. The summed E-state index contributed by atoms with van der Waals surface area (Å²) in [6.45, 7) is 0. The van der Waals surface area contributed by atoms with E-state index in [1.54, 1.807) is 0 Å². The molecule has 6 heavy (non-hydrogen) atoms. The number of hydrogen-bond donors (Lipinski definition) is 0. The molecule has 0 N–H and O–H groups in total. The van der Waals surface area contributed by atoms with Crippen LogP contribution in [0.5, 0.6) is 0 Å². The number of hydrogen-bond acceptors (Lipinski definition) is 4. The Balaban J connectivity index is -0.00000000500. The van der Waals surface area contributed by atoms with Crippen LogP contribution in [0.3, 0.4) is 0 Å². The fourth-order valence-corrected chi connectivity index (χ4v) is 0. The van der Waals surface area contributed by atoms with Crippen LogP contribution in [0.25, 0.3) is 0 Å². The summed E-state index contributed by atoms with van der Waals surface area (Å²) in [5.41, 5.74) is 0. The zero-order valence-corrected chi connectivity index (χ0v) is 11.6. The van der Waals surface area contributed by atoms with E-state index in [2.05, 4.69) is 46.6 Å². The van der Waals surface area contributed by atoms with Crippen LogP contribution >= 0.6 is 0 Å². The molecule has 4 radical (unpaired) electrons. The molecular formula is H2S4Sb2-4. The van der Waals surface area contributed by atoms with Crippen molar-refractivity contribution in [1.29, 1.82) is 0 Å². The van der Waals surface area contributed by atoms with Crippen molar-refractivity contribution in [2.45, 2.75) is 0 Å². The first-order chi connectivity index (χ1) is 2.00. The van der Waals surface area contributed by atoms with Crippen LogP contribution in [0.2, 0.25) is 0 Å². The van der Waals surface area contributed by atoms with Crippen LogP contribution in [0.4, 0.5) is 0 Å². The Morgan fingerprint density at radius 3 is 0.500 bits per heavy atom. The van der Waals surface area contributed by atoms with Gasteiger partial charge in [-0.2, -0.15) is 0 Å². The van der Waals surface area contributed by atoms with E-state index in [9.17, 15) is 0 Å². The molecule has 0 saturated heterocycles. The Bertz CT molecular complexity index is 5.51.